The predicted octanol–water partition coefficient (Wildman–Crippen LogP) is 0.685. The molecule has 3 heterocycles. The summed E-state index contributed by atoms with van der Waals surface area (Å²) in [6, 6.07) is 0. The number of hydrogen-bond acceptors (Lipinski definition) is 8. The van der Waals surface area contributed by atoms with Crippen LogP contribution < -0.4 is 5.32 Å². The molecule has 0 aliphatic carbocycles. The van der Waals surface area contributed by atoms with Crippen LogP contribution in [0.4, 0.5) is 5.82 Å². The van der Waals surface area contributed by atoms with Crippen LogP contribution in [0.25, 0.3) is 11.2 Å². The molecular formula is C15H22N5O6PS. The summed E-state index contributed by atoms with van der Waals surface area (Å²) in [4.78, 5) is 43.7. The van der Waals surface area contributed by atoms with Crippen molar-refractivity contribution < 1.29 is 28.9 Å². The van der Waals surface area contributed by atoms with Crippen molar-refractivity contribution in [1.29, 1.82) is 0 Å². The molecule has 1 aliphatic heterocycles. The number of imidazole rings is 1. The van der Waals surface area contributed by atoms with Gasteiger partial charge in [0.1, 0.15) is 18.7 Å². The number of aliphatic hydroxyl groups excluding tert-OH is 1. The second-order valence-electron chi connectivity index (χ2n) is 7.43. The highest BCUT2D eigenvalue weighted by atomic mass is 32.5. The first-order valence-corrected chi connectivity index (χ1v) is 11.1. The minimum Gasteiger partial charge on any atom is -0.394 e. The molecule has 3 atom stereocenters. The largest absolute Gasteiger partial charge is 0.394 e. The van der Waals surface area contributed by atoms with Crippen molar-refractivity contribution in [1.82, 2.24) is 19.5 Å². The number of amides is 1. The number of aliphatic hydroxyl groups is 1. The zero-order valence-corrected chi connectivity index (χ0v) is 17.2. The number of anilines is 1. The highest BCUT2D eigenvalue weighted by Gasteiger charge is 2.40. The van der Waals surface area contributed by atoms with Crippen LogP contribution >= 0.6 is 6.72 Å². The van der Waals surface area contributed by atoms with Crippen LogP contribution in [0, 0.1) is 5.41 Å². The molecule has 0 radical (unpaired) electrons. The fraction of sp³-hybridized carbons (Fsp3) is 0.600. The molecule has 1 fully saturated rings. The zero-order chi connectivity index (χ0) is 20.7. The van der Waals surface area contributed by atoms with Crippen molar-refractivity contribution in [3.05, 3.63) is 12.7 Å². The minimum atomic E-state index is -3.91. The van der Waals surface area contributed by atoms with Crippen LogP contribution in [0.1, 0.15) is 33.4 Å². The Morgan fingerprint density at radius 3 is 2.75 bits per heavy atom. The van der Waals surface area contributed by atoms with Crippen LogP contribution in [-0.4, -0.2) is 59.1 Å². The van der Waals surface area contributed by atoms with E-state index in [4.69, 9.17) is 9.26 Å². The topological polar surface area (TPSA) is 152 Å². The third kappa shape index (κ3) is 4.54. The third-order valence-electron chi connectivity index (χ3n) is 4.22. The van der Waals surface area contributed by atoms with Gasteiger partial charge in [0.2, 0.25) is 5.91 Å². The average molecular weight is 431 g/mol. The maximum atomic E-state index is 12.3. The lowest BCUT2D eigenvalue weighted by molar-refractivity contribution is -0.123. The summed E-state index contributed by atoms with van der Waals surface area (Å²) in [6.07, 6.45) is 0.758. The van der Waals surface area contributed by atoms with Crippen LogP contribution in [0.15, 0.2) is 12.7 Å². The van der Waals surface area contributed by atoms with Crippen LogP contribution in [0.3, 0.4) is 0 Å². The molecule has 13 heteroatoms. The first-order chi connectivity index (χ1) is 13.0. The van der Waals surface area contributed by atoms with Gasteiger partial charge in [-0.3, -0.25) is 9.36 Å². The Morgan fingerprint density at radius 2 is 2.14 bits per heavy atom. The summed E-state index contributed by atoms with van der Waals surface area (Å²) in [5, 5.41) is 12.2. The van der Waals surface area contributed by atoms with Crippen molar-refractivity contribution in [2.45, 2.75) is 45.6 Å². The SMILES string of the molecule is CC(C)(C)C(=O)Nc1ncnc2c1ncn2[C@H]1C[C@H](OP(O)(O)=S)[C@@H](CO)O1. The van der Waals surface area contributed by atoms with E-state index >= 15 is 0 Å². The lowest BCUT2D eigenvalue weighted by Gasteiger charge is -2.18. The number of rotatable bonds is 5. The van der Waals surface area contributed by atoms with E-state index in [1.807, 2.05) is 0 Å². The Kier molecular flexibility index (Phi) is 5.84. The van der Waals surface area contributed by atoms with Gasteiger partial charge in [0, 0.05) is 11.8 Å². The lowest BCUT2D eigenvalue weighted by atomic mass is 9.96. The predicted molar refractivity (Wildman–Crippen MR) is 103 cm³/mol. The van der Waals surface area contributed by atoms with Gasteiger partial charge in [-0.2, -0.15) is 0 Å². The van der Waals surface area contributed by atoms with Gasteiger partial charge in [-0.15, -0.1) is 0 Å². The molecule has 0 saturated carbocycles. The highest BCUT2D eigenvalue weighted by Crippen LogP contribution is 2.44. The van der Waals surface area contributed by atoms with E-state index in [2.05, 4.69) is 32.1 Å². The third-order valence-corrected chi connectivity index (χ3v) is 5.02. The second kappa shape index (κ2) is 7.71. The molecule has 28 heavy (non-hydrogen) atoms. The Morgan fingerprint density at radius 1 is 1.43 bits per heavy atom. The fourth-order valence-electron chi connectivity index (χ4n) is 2.77. The molecule has 0 spiro atoms. The molecule has 2 aromatic heterocycles. The number of hydrogen-bond donors (Lipinski definition) is 4. The van der Waals surface area contributed by atoms with Gasteiger partial charge in [-0.1, -0.05) is 20.8 Å². The standard InChI is InChI=1S/C15H22N5O6PS/c1-15(2,3)14(22)19-12-11-13(17-6-16-12)20(7-18-11)10-4-8(9(5-21)25-10)26-27(23,24)28/h6-10,21H,4-5H2,1-3H3,(H2,23,24,28)(H,16,17,19,22)/t8-,9+,10+/m0/s1. The smallest absolute Gasteiger partial charge is 0.322 e. The van der Waals surface area contributed by atoms with Gasteiger partial charge in [0.05, 0.1) is 19.0 Å². The number of carbonyl (C=O) groups is 1. The van der Waals surface area contributed by atoms with Gasteiger partial charge < -0.3 is 29.5 Å². The first kappa shape index (κ1) is 21.2. The molecule has 2 aromatic rings. The van der Waals surface area contributed by atoms with E-state index in [0.717, 1.165) is 0 Å². The number of carbonyl (C=O) groups excluding carboxylic acids is 1. The van der Waals surface area contributed by atoms with Gasteiger partial charge in [-0.05, 0) is 11.8 Å². The van der Waals surface area contributed by atoms with Crippen LogP contribution in [0.5, 0.6) is 0 Å². The maximum Gasteiger partial charge on any atom is 0.322 e. The molecule has 0 bridgehead atoms. The molecule has 1 amide bonds. The van der Waals surface area contributed by atoms with E-state index in [9.17, 15) is 19.7 Å². The van der Waals surface area contributed by atoms with E-state index in [1.165, 1.54) is 12.7 Å². The summed E-state index contributed by atoms with van der Waals surface area (Å²) in [5.74, 6) is 0.0546. The minimum absolute atomic E-state index is 0.198. The van der Waals surface area contributed by atoms with Gasteiger partial charge >= 0.3 is 6.72 Å². The van der Waals surface area contributed by atoms with Crippen molar-refractivity contribution in [2.75, 3.05) is 11.9 Å². The van der Waals surface area contributed by atoms with E-state index < -0.39 is 30.6 Å². The molecule has 11 nitrogen and oxygen atoms in total. The molecule has 0 aromatic carbocycles. The Labute approximate surface area is 166 Å². The molecule has 0 unspecified atom stereocenters. The molecule has 154 valence electrons. The molecule has 3 rings (SSSR count). The summed E-state index contributed by atoms with van der Waals surface area (Å²) >= 11 is 4.51. The van der Waals surface area contributed by atoms with Gasteiger partial charge in [0.15, 0.2) is 17.0 Å². The van der Waals surface area contributed by atoms with Gasteiger partial charge in [-0.25, -0.2) is 15.0 Å². The molecule has 1 saturated heterocycles. The van der Waals surface area contributed by atoms with Gasteiger partial charge in [0.25, 0.3) is 0 Å². The Hall–Kier alpha value is -1.53. The summed E-state index contributed by atoms with van der Waals surface area (Å²) in [6.45, 7) is 1.05. The lowest BCUT2D eigenvalue weighted by Crippen LogP contribution is -2.28. The Balaban J connectivity index is 1.88. The molecule has 4 N–H and O–H groups in total. The normalized spacial score (nSPS) is 23.3. The fourth-order valence-corrected chi connectivity index (χ4v) is 3.68. The molecular weight excluding hydrogens is 409 g/mol. The van der Waals surface area contributed by atoms with Crippen molar-refractivity contribution in [3.8, 4) is 0 Å². The number of fused-ring (bicyclic) bond motifs is 1. The van der Waals surface area contributed by atoms with Crippen LogP contribution in [-0.2, 0) is 25.9 Å². The average Bonchev–Trinajstić information content (AvgIpc) is 3.16. The van der Waals surface area contributed by atoms with E-state index in [1.54, 1.807) is 25.3 Å². The van der Waals surface area contributed by atoms with E-state index in [-0.39, 0.29) is 24.8 Å². The number of aromatic nitrogens is 4. The monoisotopic (exact) mass is 431 g/mol. The van der Waals surface area contributed by atoms with E-state index in [0.29, 0.717) is 11.2 Å². The first-order valence-electron chi connectivity index (χ1n) is 8.49. The maximum absolute atomic E-state index is 12.3. The van der Waals surface area contributed by atoms with Crippen molar-refractivity contribution >= 4 is 41.4 Å². The summed E-state index contributed by atoms with van der Waals surface area (Å²) < 4.78 is 12.4. The number of nitrogens with one attached hydrogen (secondary N) is 1. The highest BCUT2D eigenvalue weighted by molar-refractivity contribution is 8.06. The quantitative estimate of drug-likeness (QED) is 0.497. The van der Waals surface area contributed by atoms with Crippen molar-refractivity contribution in [2.24, 2.45) is 5.41 Å². The summed E-state index contributed by atoms with van der Waals surface area (Å²) in [5.41, 5.74) is 0.180. The van der Waals surface area contributed by atoms with Crippen LogP contribution in [0.2, 0.25) is 0 Å². The van der Waals surface area contributed by atoms with Crippen molar-refractivity contribution in [3.63, 3.8) is 0 Å². The Bertz CT molecular complexity index is 925. The second-order valence-corrected chi connectivity index (χ2v) is 10.1. The zero-order valence-electron chi connectivity index (χ0n) is 15.5. The number of nitrogens with zero attached hydrogens (tertiary/aromatic N) is 4. The summed E-state index contributed by atoms with van der Waals surface area (Å²) in [7, 11) is 0. The molecule has 1 aliphatic rings. The number of ether oxygens (including phenoxy) is 1.